The van der Waals surface area contributed by atoms with E-state index in [0.29, 0.717) is 19.4 Å². The number of nitrogens with one attached hydrogen (secondary N) is 2. The van der Waals surface area contributed by atoms with E-state index in [0.717, 1.165) is 44.9 Å². The molecule has 0 bridgehead atoms. The number of carbonyl (C=O) groups excluding carboxylic acids is 4. The van der Waals surface area contributed by atoms with Gasteiger partial charge in [0.1, 0.15) is 12.6 Å². The molecule has 1 aliphatic heterocycles. The van der Waals surface area contributed by atoms with E-state index < -0.39 is 23.8 Å². The first-order valence-electron chi connectivity index (χ1n) is 11.0. The largest absolute Gasteiger partial charge is 0.468 e. The predicted molar refractivity (Wildman–Crippen MR) is 110 cm³/mol. The van der Waals surface area contributed by atoms with E-state index in [1.807, 2.05) is 0 Å². The summed E-state index contributed by atoms with van der Waals surface area (Å²) in [5.41, 5.74) is 1.58. The summed E-state index contributed by atoms with van der Waals surface area (Å²) in [6, 6.07) is -0.728. The van der Waals surface area contributed by atoms with Gasteiger partial charge >= 0.3 is 5.97 Å². The fraction of sp³-hybridized carbons (Fsp3) is 0.810. The lowest BCUT2D eigenvalue weighted by Crippen LogP contribution is -2.50. The van der Waals surface area contributed by atoms with Crippen molar-refractivity contribution in [3.63, 3.8) is 0 Å². The van der Waals surface area contributed by atoms with Crippen LogP contribution in [-0.4, -0.2) is 60.0 Å². The zero-order chi connectivity index (χ0) is 22.4. The number of methoxy groups -OCH3 is 1. The molecule has 0 aromatic rings. The lowest BCUT2D eigenvalue weighted by Gasteiger charge is -2.25. The number of amides is 3. The molecule has 1 saturated heterocycles. The molecule has 9 heteroatoms. The van der Waals surface area contributed by atoms with Crippen molar-refractivity contribution in [3.05, 3.63) is 0 Å². The van der Waals surface area contributed by atoms with Crippen LogP contribution in [-0.2, 0) is 23.9 Å². The van der Waals surface area contributed by atoms with Crippen LogP contribution in [0.3, 0.4) is 0 Å². The quantitative estimate of drug-likeness (QED) is 0.178. The highest BCUT2D eigenvalue weighted by Crippen LogP contribution is 2.18. The molecule has 1 fully saturated rings. The number of esters is 1. The molecular formula is C21H37N3O6. The van der Waals surface area contributed by atoms with Crippen molar-refractivity contribution in [2.75, 3.05) is 20.2 Å². The first-order chi connectivity index (χ1) is 14.4. The number of likely N-dealkylation sites (tertiary alicyclic amines) is 1. The summed E-state index contributed by atoms with van der Waals surface area (Å²) < 4.78 is 4.64. The zero-order valence-electron chi connectivity index (χ0n) is 18.3. The molecule has 3 N–H and O–H groups in total. The van der Waals surface area contributed by atoms with E-state index >= 15 is 0 Å². The second-order valence-corrected chi connectivity index (χ2v) is 7.89. The second-order valence-electron chi connectivity index (χ2n) is 7.89. The molecule has 2 atom stereocenters. The minimum absolute atomic E-state index is 0.135. The number of hydroxylamine groups is 1. The number of nitrogens with zero attached hydrogens (tertiary/aromatic N) is 1. The van der Waals surface area contributed by atoms with Gasteiger partial charge in [0.15, 0.2) is 0 Å². The molecule has 172 valence electrons. The molecule has 0 saturated carbocycles. The van der Waals surface area contributed by atoms with Gasteiger partial charge in [-0.05, 0) is 25.7 Å². The Balaban J connectivity index is 2.68. The average Bonchev–Trinajstić information content (AvgIpc) is 2.91. The maximum Gasteiger partial charge on any atom is 0.325 e. The number of unbranched alkanes of at least 4 members (excludes halogenated alkanes) is 5. The third-order valence-corrected chi connectivity index (χ3v) is 5.48. The third-order valence-electron chi connectivity index (χ3n) is 5.48. The number of rotatable bonds is 13. The van der Waals surface area contributed by atoms with Crippen LogP contribution in [0.2, 0.25) is 0 Å². The Morgan fingerprint density at radius 3 is 2.53 bits per heavy atom. The smallest absolute Gasteiger partial charge is 0.325 e. The van der Waals surface area contributed by atoms with E-state index in [2.05, 4.69) is 17.0 Å². The van der Waals surface area contributed by atoms with Gasteiger partial charge in [-0.25, -0.2) is 5.48 Å². The SMILES string of the molecule is CCCCCCCCC(CC(=O)NO)C(=O)N[C@H]1CCCCN(CC(=O)OC)C1=O. The first-order valence-corrected chi connectivity index (χ1v) is 11.0. The van der Waals surface area contributed by atoms with Crippen LogP contribution in [0.5, 0.6) is 0 Å². The standard InChI is InChI=1S/C21H37N3O6/c1-3-4-5-6-7-8-11-16(14-18(25)23-29)20(27)22-17-12-9-10-13-24(21(17)28)15-19(26)30-2/h16-17,29H,3-15H2,1-2H3,(H,22,27)(H,23,25)/t16?,17-/m0/s1. The maximum atomic E-state index is 12.8. The summed E-state index contributed by atoms with van der Waals surface area (Å²) in [5, 5.41) is 11.6. The first kappa shape index (κ1) is 25.9. The van der Waals surface area contributed by atoms with Crippen molar-refractivity contribution in [1.82, 2.24) is 15.7 Å². The van der Waals surface area contributed by atoms with Crippen LogP contribution in [0.4, 0.5) is 0 Å². The Bertz CT molecular complexity index is 569. The Morgan fingerprint density at radius 1 is 1.17 bits per heavy atom. The fourth-order valence-electron chi connectivity index (χ4n) is 3.67. The van der Waals surface area contributed by atoms with E-state index in [-0.39, 0.29) is 24.8 Å². The summed E-state index contributed by atoms with van der Waals surface area (Å²) in [6.45, 7) is 2.44. The number of carbonyl (C=O) groups is 4. The number of hydrogen-bond acceptors (Lipinski definition) is 6. The molecule has 9 nitrogen and oxygen atoms in total. The highest BCUT2D eigenvalue weighted by molar-refractivity contribution is 5.91. The fourth-order valence-corrected chi connectivity index (χ4v) is 3.67. The minimum atomic E-state index is -0.728. The van der Waals surface area contributed by atoms with E-state index in [1.165, 1.54) is 18.4 Å². The molecule has 1 heterocycles. The van der Waals surface area contributed by atoms with E-state index in [9.17, 15) is 19.2 Å². The average molecular weight is 428 g/mol. The molecule has 30 heavy (non-hydrogen) atoms. The summed E-state index contributed by atoms with van der Waals surface area (Å²) in [5.74, 6) is -2.42. The molecule has 3 amide bonds. The summed E-state index contributed by atoms with van der Waals surface area (Å²) in [7, 11) is 1.27. The highest BCUT2D eigenvalue weighted by atomic mass is 16.5. The monoisotopic (exact) mass is 427 g/mol. The Morgan fingerprint density at radius 2 is 1.87 bits per heavy atom. The molecule has 1 unspecified atom stereocenters. The Hall–Kier alpha value is -2.16. The highest BCUT2D eigenvalue weighted by Gasteiger charge is 2.32. The van der Waals surface area contributed by atoms with Gasteiger partial charge in [0.2, 0.25) is 17.7 Å². The number of hydrogen-bond donors (Lipinski definition) is 3. The van der Waals surface area contributed by atoms with Crippen LogP contribution in [0.25, 0.3) is 0 Å². The second kappa shape index (κ2) is 14.8. The Labute approximate surface area is 178 Å². The molecular weight excluding hydrogens is 390 g/mol. The van der Waals surface area contributed by atoms with Crippen LogP contribution >= 0.6 is 0 Å². The summed E-state index contributed by atoms with van der Waals surface area (Å²) in [6.07, 6.45) is 8.69. The van der Waals surface area contributed by atoms with Crippen molar-refractivity contribution in [1.29, 1.82) is 0 Å². The van der Waals surface area contributed by atoms with Gasteiger partial charge in [-0.15, -0.1) is 0 Å². The molecule has 0 aromatic heterocycles. The topological polar surface area (TPSA) is 125 Å². The lowest BCUT2D eigenvalue weighted by molar-refractivity contribution is -0.148. The summed E-state index contributed by atoms with van der Waals surface area (Å²) in [4.78, 5) is 50.2. The van der Waals surface area contributed by atoms with Crippen molar-refractivity contribution < 1.29 is 29.1 Å². The van der Waals surface area contributed by atoms with Crippen molar-refractivity contribution in [2.24, 2.45) is 5.92 Å². The van der Waals surface area contributed by atoms with Gasteiger partial charge in [-0.3, -0.25) is 24.4 Å². The van der Waals surface area contributed by atoms with Gasteiger partial charge in [-0.1, -0.05) is 45.4 Å². The van der Waals surface area contributed by atoms with Crippen LogP contribution in [0, 0.1) is 5.92 Å². The van der Waals surface area contributed by atoms with Crippen molar-refractivity contribution in [2.45, 2.75) is 83.6 Å². The maximum absolute atomic E-state index is 12.8. The van der Waals surface area contributed by atoms with Crippen LogP contribution in [0.1, 0.15) is 77.6 Å². The van der Waals surface area contributed by atoms with Gasteiger partial charge in [-0.2, -0.15) is 0 Å². The molecule has 0 aliphatic carbocycles. The van der Waals surface area contributed by atoms with Gasteiger partial charge in [0.25, 0.3) is 0 Å². The van der Waals surface area contributed by atoms with Gasteiger partial charge < -0.3 is 15.0 Å². The molecule has 1 rings (SSSR count). The molecule has 0 radical (unpaired) electrons. The minimum Gasteiger partial charge on any atom is -0.468 e. The number of ether oxygens (including phenoxy) is 1. The summed E-state index contributed by atoms with van der Waals surface area (Å²) >= 11 is 0. The zero-order valence-corrected chi connectivity index (χ0v) is 18.3. The molecule has 0 spiro atoms. The van der Waals surface area contributed by atoms with Gasteiger partial charge in [0, 0.05) is 18.9 Å². The van der Waals surface area contributed by atoms with Crippen LogP contribution < -0.4 is 10.8 Å². The van der Waals surface area contributed by atoms with Crippen LogP contribution in [0.15, 0.2) is 0 Å². The third kappa shape index (κ3) is 9.56. The van der Waals surface area contributed by atoms with Crippen molar-refractivity contribution in [3.8, 4) is 0 Å². The predicted octanol–water partition coefficient (Wildman–Crippen LogP) is 1.92. The van der Waals surface area contributed by atoms with Gasteiger partial charge in [0.05, 0.1) is 7.11 Å². The van der Waals surface area contributed by atoms with E-state index in [1.54, 1.807) is 5.48 Å². The molecule has 0 aromatic carbocycles. The lowest BCUT2D eigenvalue weighted by atomic mass is 9.95. The molecule has 1 aliphatic rings. The normalized spacial score (nSPS) is 17.8. The van der Waals surface area contributed by atoms with E-state index in [4.69, 9.17) is 5.21 Å². The Kier molecular flexibility index (Phi) is 12.7. The van der Waals surface area contributed by atoms with Crippen molar-refractivity contribution >= 4 is 23.7 Å².